The maximum Gasteiger partial charge on any atom is 0.410 e. The highest BCUT2D eigenvalue weighted by Gasteiger charge is 2.38. The van der Waals surface area contributed by atoms with Crippen molar-refractivity contribution in [2.75, 3.05) is 13.7 Å². The van der Waals surface area contributed by atoms with Gasteiger partial charge in [-0.05, 0) is 69.2 Å². The number of benzene rings is 2. The van der Waals surface area contributed by atoms with Crippen molar-refractivity contribution in [1.29, 1.82) is 0 Å². The van der Waals surface area contributed by atoms with E-state index in [2.05, 4.69) is 4.72 Å². The molecule has 1 aliphatic rings. The maximum atomic E-state index is 12.9. The molecule has 0 bridgehead atoms. The van der Waals surface area contributed by atoms with Gasteiger partial charge in [0.2, 0.25) is 10.0 Å². The van der Waals surface area contributed by atoms with Gasteiger partial charge in [-0.2, -0.15) is 0 Å². The number of esters is 1. The average Bonchev–Trinajstić information content (AvgIpc) is 3.18. The molecule has 0 unspecified atom stereocenters. The summed E-state index contributed by atoms with van der Waals surface area (Å²) in [6.07, 6.45) is 3.39. The van der Waals surface area contributed by atoms with Gasteiger partial charge < -0.3 is 14.4 Å². The number of nitrogens with one attached hydrogen (secondary N) is 1. The third-order valence-corrected chi connectivity index (χ3v) is 7.02. The fourth-order valence-corrected chi connectivity index (χ4v) is 5.04. The molecule has 3 rings (SSSR count). The van der Waals surface area contributed by atoms with E-state index in [1.807, 2.05) is 6.07 Å². The largest absolute Gasteiger partial charge is 0.465 e. The van der Waals surface area contributed by atoms with Gasteiger partial charge in [-0.1, -0.05) is 35.9 Å². The number of likely N-dealkylation sites (tertiary alicyclic amines) is 1. The molecule has 1 saturated heterocycles. The van der Waals surface area contributed by atoms with Crippen LogP contribution in [0.2, 0.25) is 5.02 Å². The molecule has 2 aromatic rings. The molecule has 1 heterocycles. The molecule has 1 aliphatic heterocycles. The van der Waals surface area contributed by atoms with E-state index in [0.717, 1.165) is 5.56 Å². The molecule has 35 heavy (non-hydrogen) atoms. The molecule has 2 aromatic carbocycles. The lowest BCUT2D eigenvalue weighted by atomic mass is 10.1. The Kier molecular flexibility index (Phi) is 8.25. The molecule has 8 nitrogen and oxygen atoms in total. The highest BCUT2D eigenvalue weighted by Crippen LogP contribution is 2.25. The second kappa shape index (κ2) is 10.8. The molecule has 0 spiro atoms. The van der Waals surface area contributed by atoms with Crippen LogP contribution in [0.4, 0.5) is 4.79 Å². The standard InChI is InChI=1S/C25H29ClN2O6S/c1-25(2,3)34-24(30)28-16-20(27-35(31,32)22-12-9-19(26)10-13-22)15-21(28)11-8-17-6-5-7-18(14-17)23(29)33-4/h5-14,20-21,27H,15-16H2,1-4H3/t20-,21-/m1/s1. The SMILES string of the molecule is COC(=O)c1cccc(C=C[C@@H]2C[C@@H](NS(=O)(=O)c3ccc(Cl)cc3)CN2C(=O)OC(C)(C)C)c1. The quantitative estimate of drug-likeness (QED) is 0.563. The van der Waals surface area contributed by atoms with Crippen LogP contribution in [0, 0.1) is 0 Å². The molecule has 188 valence electrons. The van der Waals surface area contributed by atoms with Crippen molar-refractivity contribution in [3.63, 3.8) is 0 Å². The molecular formula is C25H29ClN2O6S. The number of ether oxygens (including phenoxy) is 2. The first-order valence-corrected chi connectivity index (χ1v) is 12.9. The minimum atomic E-state index is -3.82. The molecule has 1 amide bonds. The summed E-state index contributed by atoms with van der Waals surface area (Å²) in [7, 11) is -2.50. The lowest BCUT2D eigenvalue weighted by Crippen LogP contribution is -2.41. The van der Waals surface area contributed by atoms with Crippen molar-refractivity contribution >= 4 is 39.8 Å². The molecule has 0 radical (unpaired) electrons. The van der Waals surface area contributed by atoms with Crippen LogP contribution in [0.25, 0.3) is 6.08 Å². The van der Waals surface area contributed by atoms with Crippen LogP contribution in [-0.2, 0) is 19.5 Å². The third kappa shape index (κ3) is 7.30. The maximum absolute atomic E-state index is 12.9. The third-order valence-electron chi connectivity index (χ3n) is 5.24. The first-order chi connectivity index (χ1) is 16.4. The van der Waals surface area contributed by atoms with Crippen LogP contribution < -0.4 is 4.72 Å². The van der Waals surface area contributed by atoms with Crippen LogP contribution in [0.15, 0.2) is 59.5 Å². The second-order valence-electron chi connectivity index (χ2n) is 9.18. The molecule has 0 aliphatic carbocycles. The fraction of sp³-hybridized carbons (Fsp3) is 0.360. The monoisotopic (exact) mass is 520 g/mol. The zero-order valence-electron chi connectivity index (χ0n) is 20.0. The first-order valence-electron chi connectivity index (χ1n) is 11.0. The molecule has 1 fully saturated rings. The van der Waals surface area contributed by atoms with E-state index < -0.39 is 39.8 Å². The summed E-state index contributed by atoms with van der Waals surface area (Å²) in [5.41, 5.74) is 0.432. The van der Waals surface area contributed by atoms with Crippen molar-refractivity contribution in [3.05, 3.63) is 70.8 Å². The molecule has 0 saturated carbocycles. The van der Waals surface area contributed by atoms with Gasteiger partial charge in [0.25, 0.3) is 0 Å². The number of rotatable bonds is 6. The van der Waals surface area contributed by atoms with E-state index in [1.165, 1.54) is 36.3 Å². The minimum absolute atomic E-state index is 0.0873. The number of carbonyl (C=O) groups excluding carboxylic acids is 2. The lowest BCUT2D eigenvalue weighted by Gasteiger charge is -2.27. The summed E-state index contributed by atoms with van der Waals surface area (Å²) in [6.45, 7) is 5.44. The zero-order chi connectivity index (χ0) is 25.8. The number of hydrogen-bond acceptors (Lipinski definition) is 6. The van der Waals surface area contributed by atoms with Gasteiger partial charge in [-0.3, -0.25) is 0 Å². The molecule has 2 atom stereocenters. The molecule has 10 heteroatoms. The number of hydrogen-bond donors (Lipinski definition) is 1. The fourth-order valence-electron chi connectivity index (χ4n) is 3.67. The Morgan fingerprint density at radius 3 is 2.46 bits per heavy atom. The Balaban J connectivity index is 1.82. The van der Waals surface area contributed by atoms with Crippen molar-refractivity contribution in [3.8, 4) is 0 Å². The Bertz CT molecular complexity index is 1210. The van der Waals surface area contributed by atoms with Gasteiger partial charge in [-0.15, -0.1) is 0 Å². The number of amides is 1. The van der Waals surface area contributed by atoms with Gasteiger partial charge in [0.05, 0.1) is 23.6 Å². The highest BCUT2D eigenvalue weighted by molar-refractivity contribution is 7.89. The highest BCUT2D eigenvalue weighted by atomic mass is 35.5. The number of methoxy groups -OCH3 is 1. The van der Waals surface area contributed by atoms with E-state index in [-0.39, 0.29) is 11.4 Å². The van der Waals surface area contributed by atoms with Crippen molar-refractivity contribution in [2.45, 2.75) is 49.8 Å². The predicted molar refractivity (Wildman–Crippen MR) is 134 cm³/mol. The van der Waals surface area contributed by atoms with Crippen LogP contribution in [0.1, 0.15) is 43.1 Å². The minimum Gasteiger partial charge on any atom is -0.465 e. The molecule has 1 N–H and O–H groups in total. The normalized spacial score (nSPS) is 18.6. The van der Waals surface area contributed by atoms with E-state index in [0.29, 0.717) is 17.0 Å². The number of carbonyl (C=O) groups is 2. The van der Waals surface area contributed by atoms with Gasteiger partial charge in [0.15, 0.2) is 0 Å². The summed E-state index contributed by atoms with van der Waals surface area (Å²) in [6, 6.07) is 11.8. The Labute approximate surface area is 210 Å². The van der Waals surface area contributed by atoms with Crippen LogP contribution in [0.3, 0.4) is 0 Å². The van der Waals surface area contributed by atoms with E-state index in [4.69, 9.17) is 21.1 Å². The van der Waals surface area contributed by atoms with E-state index in [1.54, 1.807) is 51.1 Å². The van der Waals surface area contributed by atoms with Crippen LogP contribution in [-0.4, -0.2) is 56.7 Å². The predicted octanol–water partition coefficient (Wildman–Crippen LogP) is 4.50. The number of halogens is 1. The van der Waals surface area contributed by atoms with Crippen LogP contribution >= 0.6 is 11.6 Å². The Morgan fingerprint density at radius 1 is 1.14 bits per heavy atom. The topological polar surface area (TPSA) is 102 Å². The van der Waals surface area contributed by atoms with Crippen molar-refractivity contribution < 1.29 is 27.5 Å². The summed E-state index contributed by atoms with van der Waals surface area (Å²) in [5, 5.41) is 0.433. The number of nitrogens with zero attached hydrogens (tertiary/aromatic N) is 1. The summed E-state index contributed by atoms with van der Waals surface area (Å²) in [4.78, 5) is 26.3. The van der Waals surface area contributed by atoms with Gasteiger partial charge in [0, 0.05) is 17.6 Å². The molecule has 0 aromatic heterocycles. The second-order valence-corrected chi connectivity index (χ2v) is 11.3. The average molecular weight is 521 g/mol. The smallest absolute Gasteiger partial charge is 0.410 e. The molecular weight excluding hydrogens is 492 g/mol. The number of sulfonamides is 1. The van der Waals surface area contributed by atoms with Gasteiger partial charge >= 0.3 is 12.1 Å². The summed E-state index contributed by atoms with van der Waals surface area (Å²) >= 11 is 5.87. The van der Waals surface area contributed by atoms with Gasteiger partial charge in [0.1, 0.15) is 5.60 Å². The lowest BCUT2D eigenvalue weighted by molar-refractivity contribution is 0.0253. The first kappa shape index (κ1) is 26.7. The zero-order valence-corrected chi connectivity index (χ0v) is 21.6. The Hall–Kier alpha value is -2.88. The van der Waals surface area contributed by atoms with Crippen molar-refractivity contribution in [2.24, 2.45) is 0 Å². The van der Waals surface area contributed by atoms with Crippen LogP contribution in [0.5, 0.6) is 0 Å². The van der Waals surface area contributed by atoms with E-state index >= 15 is 0 Å². The van der Waals surface area contributed by atoms with Gasteiger partial charge in [-0.25, -0.2) is 22.7 Å². The summed E-state index contributed by atoms with van der Waals surface area (Å²) in [5.74, 6) is -0.451. The Morgan fingerprint density at radius 2 is 1.83 bits per heavy atom. The van der Waals surface area contributed by atoms with Crippen molar-refractivity contribution in [1.82, 2.24) is 9.62 Å². The summed E-state index contributed by atoms with van der Waals surface area (Å²) < 4.78 is 38.7. The van der Waals surface area contributed by atoms with E-state index in [9.17, 15) is 18.0 Å².